The number of carbonyl (C=O) groups is 5. The number of carboxylic acid groups (broad SMARTS) is 1. The van der Waals surface area contributed by atoms with E-state index < -0.39 is 60.4 Å². The first kappa shape index (κ1) is 24.7. The summed E-state index contributed by atoms with van der Waals surface area (Å²) in [7, 11) is 0. The number of primary amides is 1. The van der Waals surface area contributed by atoms with Gasteiger partial charge in [-0.15, -0.1) is 0 Å². The van der Waals surface area contributed by atoms with Gasteiger partial charge in [0.1, 0.15) is 24.2 Å². The Hall–Kier alpha value is -2.38. The van der Waals surface area contributed by atoms with Crippen LogP contribution in [0.3, 0.4) is 0 Å². The van der Waals surface area contributed by atoms with Crippen molar-refractivity contribution >= 4 is 42.2 Å². The van der Waals surface area contributed by atoms with Crippen LogP contribution in [-0.4, -0.2) is 87.8 Å². The number of likely N-dealkylation sites (tertiary alicyclic amines) is 1. The number of carbonyl (C=O) groups excluding carboxylic acids is 4. The Kier molecular flexibility index (Phi) is 9.85. The number of nitrogens with one attached hydrogen (secondary N) is 2. The minimum atomic E-state index is -1.26. The number of nitrogens with zero attached hydrogens (tertiary/aromatic N) is 1. The zero-order valence-electron chi connectivity index (χ0n) is 15.7. The highest BCUT2D eigenvalue weighted by molar-refractivity contribution is 7.80. The summed E-state index contributed by atoms with van der Waals surface area (Å²) >= 11 is 3.88. The van der Waals surface area contributed by atoms with Gasteiger partial charge < -0.3 is 37.2 Å². The summed E-state index contributed by atoms with van der Waals surface area (Å²) in [6, 6.07) is -4.58. The second-order valence-corrected chi connectivity index (χ2v) is 6.99. The highest BCUT2D eigenvalue weighted by atomic mass is 32.1. The molecule has 0 spiro atoms. The van der Waals surface area contributed by atoms with Crippen molar-refractivity contribution in [3.63, 3.8) is 0 Å². The summed E-state index contributed by atoms with van der Waals surface area (Å²) in [6.07, 6.45) is 0.492. The maximum atomic E-state index is 13.0. The van der Waals surface area contributed by atoms with Gasteiger partial charge in [-0.2, -0.15) is 12.6 Å². The zero-order chi connectivity index (χ0) is 22.1. The van der Waals surface area contributed by atoms with Gasteiger partial charge in [-0.1, -0.05) is 0 Å². The molecular formula is C16H27N5O7S. The van der Waals surface area contributed by atoms with Crippen molar-refractivity contribution < 1.29 is 34.2 Å². The number of nitrogens with two attached hydrogens (primary N) is 2. The van der Waals surface area contributed by atoms with Crippen LogP contribution < -0.4 is 22.1 Å². The van der Waals surface area contributed by atoms with Crippen LogP contribution in [0.2, 0.25) is 0 Å². The van der Waals surface area contributed by atoms with Gasteiger partial charge in [0.25, 0.3) is 0 Å². The average molecular weight is 433 g/mol. The second kappa shape index (κ2) is 11.6. The number of hydrogen-bond acceptors (Lipinski definition) is 8. The van der Waals surface area contributed by atoms with E-state index in [0.29, 0.717) is 12.8 Å². The van der Waals surface area contributed by atoms with Crippen LogP contribution in [0.25, 0.3) is 0 Å². The molecule has 13 heteroatoms. The van der Waals surface area contributed by atoms with Crippen molar-refractivity contribution in [2.45, 2.75) is 49.9 Å². The molecule has 4 atom stereocenters. The van der Waals surface area contributed by atoms with Crippen LogP contribution >= 0.6 is 12.6 Å². The minimum absolute atomic E-state index is 0.114. The van der Waals surface area contributed by atoms with E-state index in [1.165, 1.54) is 4.90 Å². The van der Waals surface area contributed by atoms with Crippen molar-refractivity contribution in [2.75, 3.05) is 18.9 Å². The van der Waals surface area contributed by atoms with Crippen LogP contribution in [0.15, 0.2) is 0 Å². The number of thiol groups is 1. The molecule has 1 aliphatic rings. The molecule has 0 saturated carbocycles. The van der Waals surface area contributed by atoms with E-state index in [9.17, 15) is 24.0 Å². The van der Waals surface area contributed by atoms with Crippen molar-refractivity contribution in [3.05, 3.63) is 0 Å². The normalized spacial score (nSPS) is 19.1. The lowest BCUT2D eigenvalue weighted by Gasteiger charge is -2.29. The molecule has 12 nitrogen and oxygen atoms in total. The minimum Gasteiger partial charge on any atom is -0.480 e. The Balaban J connectivity index is 2.93. The van der Waals surface area contributed by atoms with Gasteiger partial charge in [0.2, 0.25) is 23.6 Å². The second-order valence-electron chi connectivity index (χ2n) is 6.63. The van der Waals surface area contributed by atoms with E-state index in [4.69, 9.17) is 21.7 Å². The molecule has 1 rings (SSSR count). The number of carboxylic acids is 1. The molecule has 0 aromatic carbocycles. The Labute approximate surface area is 172 Å². The molecule has 0 bridgehead atoms. The first-order chi connectivity index (χ1) is 13.6. The SMILES string of the molecule is NC(=O)CCC(NC(=O)C(N)CO)C(=O)N1CCCC1C(=O)NC(CS)C(=O)O. The van der Waals surface area contributed by atoms with Gasteiger partial charge in [-0.05, 0) is 19.3 Å². The van der Waals surface area contributed by atoms with E-state index in [0.717, 1.165) is 0 Å². The van der Waals surface area contributed by atoms with E-state index in [1.54, 1.807) is 0 Å². The molecule has 4 unspecified atom stereocenters. The fraction of sp³-hybridized carbons (Fsp3) is 0.688. The summed E-state index contributed by atoms with van der Waals surface area (Å²) in [6.45, 7) is -0.428. The largest absolute Gasteiger partial charge is 0.480 e. The van der Waals surface area contributed by atoms with Crippen LogP contribution in [0.5, 0.6) is 0 Å². The molecule has 1 saturated heterocycles. The lowest BCUT2D eigenvalue weighted by atomic mass is 10.1. The third-order valence-corrected chi connectivity index (χ3v) is 4.83. The summed E-state index contributed by atoms with van der Waals surface area (Å²) in [5.41, 5.74) is 10.6. The van der Waals surface area contributed by atoms with Crippen molar-refractivity contribution in [1.82, 2.24) is 15.5 Å². The topological polar surface area (TPSA) is 205 Å². The zero-order valence-corrected chi connectivity index (χ0v) is 16.6. The molecule has 0 radical (unpaired) electrons. The van der Waals surface area contributed by atoms with Gasteiger partial charge in [-0.3, -0.25) is 19.2 Å². The molecule has 1 aliphatic heterocycles. The summed E-state index contributed by atoms with van der Waals surface area (Å²) < 4.78 is 0. The quantitative estimate of drug-likeness (QED) is 0.163. The van der Waals surface area contributed by atoms with Crippen molar-refractivity contribution in [1.29, 1.82) is 0 Å². The molecule has 0 aliphatic carbocycles. The number of aliphatic hydroxyl groups is 1. The lowest BCUT2D eigenvalue weighted by molar-refractivity contribution is -0.144. The van der Waals surface area contributed by atoms with E-state index in [-0.39, 0.29) is 25.1 Å². The van der Waals surface area contributed by atoms with Crippen LogP contribution in [-0.2, 0) is 24.0 Å². The maximum Gasteiger partial charge on any atom is 0.327 e. The first-order valence-electron chi connectivity index (χ1n) is 9.02. The van der Waals surface area contributed by atoms with E-state index in [1.807, 2.05) is 0 Å². The molecule has 8 N–H and O–H groups in total. The molecular weight excluding hydrogens is 406 g/mol. The first-order valence-corrected chi connectivity index (χ1v) is 9.65. The molecule has 164 valence electrons. The van der Waals surface area contributed by atoms with E-state index in [2.05, 4.69) is 23.3 Å². The van der Waals surface area contributed by atoms with Gasteiger partial charge >= 0.3 is 5.97 Å². The number of aliphatic carboxylic acids is 1. The van der Waals surface area contributed by atoms with Crippen LogP contribution in [0.1, 0.15) is 25.7 Å². The standard InChI is InChI=1S/C16H27N5O7S/c17-8(6-22)13(24)19-9(3-4-12(18)23)15(26)21-5-1-2-11(21)14(25)20-10(7-29)16(27)28/h8-11,22,29H,1-7,17H2,(H2,18,23)(H,19,24)(H,20,25)(H,27,28). The molecule has 1 fully saturated rings. The van der Waals surface area contributed by atoms with E-state index >= 15 is 0 Å². The average Bonchev–Trinajstić information content (AvgIpc) is 3.17. The van der Waals surface area contributed by atoms with Crippen molar-refractivity contribution in [2.24, 2.45) is 11.5 Å². The number of aliphatic hydroxyl groups excluding tert-OH is 1. The lowest BCUT2D eigenvalue weighted by Crippen LogP contribution is -2.57. The van der Waals surface area contributed by atoms with Crippen LogP contribution in [0, 0.1) is 0 Å². The Bertz CT molecular complexity index is 647. The number of amides is 4. The molecule has 4 amide bonds. The molecule has 0 aromatic heterocycles. The molecule has 1 heterocycles. The van der Waals surface area contributed by atoms with Crippen LogP contribution in [0.4, 0.5) is 0 Å². The van der Waals surface area contributed by atoms with Gasteiger partial charge in [0.05, 0.1) is 6.61 Å². The number of hydrogen-bond donors (Lipinski definition) is 7. The third kappa shape index (κ3) is 7.18. The highest BCUT2D eigenvalue weighted by Crippen LogP contribution is 2.20. The predicted molar refractivity (Wildman–Crippen MR) is 104 cm³/mol. The molecule has 0 aromatic rings. The van der Waals surface area contributed by atoms with Gasteiger partial charge in [0, 0.05) is 18.7 Å². The highest BCUT2D eigenvalue weighted by Gasteiger charge is 2.39. The fourth-order valence-corrected chi connectivity index (χ4v) is 3.11. The Morgan fingerprint density at radius 3 is 2.34 bits per heavy atom. The smallest absolute Gasteiger partial charge is 0.327 e. The van der Waals surface area contributed by atoms with Gasteiger partial charge in [0.15, 0.2) is 0 Å². The predicted octanol–water partition coefficient (Wildman–Crippen LogP) is -3.45. The summed E-state index contributed by atoms with van der Waals surface area (Å²) in [5, 5.41) is 22.7. The molecule has 29 heavy (non-hydrogen) atoms. The summed E-state index contributed by atoms with van der Waals surface area (Å²) in [4.78, 5) is 60.9. The fourth-order valence-electron chi connectivity index (χ4n) is 2.86. The van der Waals surface area contributed by atoms with Crippen molar-refractivity contribution in [3.8, 4) is 0 Å². The Morgan fingerprint density at radius 1 is 1.17 bits per heavy atom. The maximum absolute atomic E-state index is 13.0. The van der Waals surface area contributed by atoms with Gasteiger partial charge in [-0.25, -0.2) is 4.79 Å². The third-order valence-electron chi connectivity index (χ3n) is 4.46. The Morgan fingerprint density at radius 2 is 1.83 bits per heavy atom. The summed E-state index contributed by atoms with van der Waals surface area (Å²) in [5.74, 6) is -4.13. The monoisotopic (exact) mass is 433 g/mol. The number of rotatable bonds is 11.